The van der Waals surface area contributed by atoms with Gasteiger partial charge in [0.1, 0.15) is 17.4 Å². The van der Waals surface area contributed by atoms with Gasteiger partial charge in [0.2, 0.25) is 5.91 Å². The molecule has 1 fully saturated rings. The lowest BCUT2D eigenvalue weighted by molar-refractivity contribution is -0.120. The van der Waals surface area contributed by atoms with Crippen LogP contribution in [0.2, 0.25) is 0 Å². The Bertz CT molecular complexity index is 790. The SMILES string of the molecule is COc1ccc(N2CCN(C(C)C(=O)Nc3ccc(F)cc3F)CC2)cc1. The van der Waals surface area contributed by atoms with Crippen molar-refractivity contribution in [2.24, 2.45) is 0 Å². The van der Waals surface area contributed by atoms with E-state index >= 15 is 0 Å². The fraction of sp³-hybridized carbons (Fsp3) is 0.350. The van der Waals surface area contributed by atoms with Gasteiger partial charge in [-0.3, -0.25) is 9.69 Å². The van der Waals surface area contributed by atoms with Crippen LogP contribution in [0.1, 0.15) is 6.92 Å². The third-order valence-electron chi connectivity index (χ3n) is 4.87. The lowest BCUT2D eigenvalue weighted by Crippen LogP contribution is -2.52. The van der Waals surface area contributed by atoms with Crippen LogP contribution >= 0.6 is 0 Å². The van der Waals surface area contributed by atoms with Crippen molar-refractivity contribution in [2.75, 3.05) is 43.5 Å². The molecule has 2 aromatic rings. The zero-order valence-corrected chi connectivity index (χ0v) is 15.4. The van der Waals surface area contributed by atoms with Crippen LogP contribution in [-0.2, 0) is 4.79 Å². The van der Waals surface area contributed by atoms with Crippen molar-refractivity contribution in [3.8, 4) is 5.75 Å². The quantitative estimate of drug-likeness (QED) is 0.872. The van der Waals surface area contributed by atoms with Crippen LogP contribution in [0, 0.1) is 11.6 Å². The molecular weight excluding hydrogens is 352 g/mol. The molecule has 0 aliphatic carbocycles. The van der Waals surface area contributed by atoms with E-state index in [9.17, 15) is 13.6 Å². The van der Waals surface area contributed by atoms with Gasteiger partial charge >= 0.3 is 0 Å². The largest absolute Gasteiger partial charge is 0.497 e. The summed E-state index contributed by atoms with van der Waals surface area (Å²) in [4.78, 5) is 16.7. The molecule has 2 aromatic carbocycles. The predicted octanol–water partition coefficient (Wildman–Crippen LogP) is 3.12. The van der Waals surface area contributed by atoms with Gasteiger partial charge in [-0.15, -0.1) is 0 Å². The smallest absolute Gasteiger partial charge is 0.241 e. The normalized spacial score (nSPS) is 16.1. The number of piperazine rings is 1. The fourth-order valence-corrected chi connectivity index (χ4v) is 3.15. The zero-order valence-electron chi connectivity index (χ0n) is 15.4. The van der Waals surface area contributed by atoms with Crippen molar-refractivity contribution in [3.05, 3.63) is 54.1 Å². The summed E-state index contributed by atoms with van der Waals surface area (Å²) < 4.78 is 31.9. The van der Waals surface area contributed by atoms with E-state index in [2.05, 4.69) is 15.1 Å². The molecule has 27 heavy (non-hydrogen) atoms. The van der Waals surface area contributed by atoms with Gasteiger partial charge in [0, 0.05) is 37.9 Å². The van der Waals surface area contributed by atoms with E-state index in [0.29, 0.717) is 13.1 Å². The molecule has 144 valence electrons. The van der Waals surface area contributed by atoms with Gasteiger partial charge in [-0.25, -0.2) is 8.78 Å². The number of hydrogen-bond acceptors (Lipinski definition) is 4. The molecule has 1 aliphatic rings. The average molecular weight is 375 g/mol. The molecule has 1 atom stereocenters. The van der Waals surface area contributed by atoms with Crippen molar-refractivity contribution in [1.29, 1.82) is 0 Å². The number of carbonyl (C=O) groups excluding carboxylic acids is 1. The first-order chi connectivity index (χ1) is 13.0. The monoisotopic (exact) mass is 375 g/mol. The molecule has 5 nitrogen and oxygen atoms in total. The maximum atomic E-state index is 13.7. The number of carbonyl (C=O) groups is 1. The summed E-state index contributed by atoms with van der Waals surface area (Å²) in [5.41, 5.74) is 1.10. The van der Waals surface area contributed by atoms with Gasteiger partial charge in [-0.2, -0.15) is 0 Å². The second kappa shape index (κ2) is 8.35. The molecule has 1 aliphatic heterocycles. The Morgan fingerprint density at radius 2 is 1.74 bits per heavy atom. The minimum absolute atomic E-state index is 0.00915. The third kappa shape index (κ3) is 4.54. The summed E-state index contributed by atoms with van der Waals surface area (Å²) in [5, 5.41) is 2.54. The number of amides is 1. The number of halogens is 2. The van der Waals surface area contributed by atoms with Gasteiger partial charge in [0.15, 0.2) is 0 Å². The Hall–Kier alpha value is -2.67. The van der Waals surface area contributed by atoms with Crippen molar-refractivity contribution in [3.63, 3.8) is 0 Å². The van der Waals surface area contributed by atoms with Crippen LogP contribution in [-0.4, -0.2) is 50.1 Å². The lowest BCUT2D eigenvalue weighted by atomic mass is 10.2. The Morgan fingerprint density at radius 1 is 1.07 bits per heavy atom. The summed E-state index contributed by atoms with van der Waals surface area (Å²) >= 11 is 0. The Balaban J connectivity index is 1.55. The van der Waals surface area contributed by atoms with Crippen molar-refractivity contribution in [2.45, 2.75) is 13.0 Å². The highest BCUT2D eigenvalue weighted by molar-refractivity contribution is 5.94. The summed E-state index contributed by atoms with van der Waals surface area (Å²) in [6, 6.07) is 10.6. The lowest BCUT2D eigenvalue weighted by Gasteiger charge is -2.38. The van der Waals surface area contributed by atoms with E-state index in [0.717, 1.165) is 36.7 Å². The zero-order chi connectivity index (χ0) is 19.4. The van der Waals surface area contributed by atoms with Crippen molar-refractivity contribution >= 4 is 17.3 Å². The Labute approximate surface area is 157 Å². The van der Waals surface area contributed by atoms with E-state index in [-0.39, 0.29) is 11.6 Å². The second-order valence-electron chi connectivity index (χ2n) is 6.51. The molecule has 0 saturated carbocycles. The van der Waals surface area contributed by atoms with E-state index in [1.807, 2.05) is 24.3 Å². The number of benzene rings is 2. The highest BCUT2D eigenvalue weighted by Gasteiger charge is 2.26. The highest BCUT2D eigenvalue weighted by atomic mass is 19.1. The molecule has 0 spiro atoms. The number of methoxy groups -OCH3 is 1. The maximum absolute atomic E-state index is 13.7. The van der Waals surface area contributed by atoms with E-state index in [1.165, 1.54) is 6.07 Å². The van der Waals surface area contributed by atoms with E-state index < -0.39 is 17.7 Å². The molecule has 1 heterocycles. The third-order valence-corrected chi connectivity index (χ3v) is 4.87. The number of nitrogens with zero attached hydrogens (tertiary/aromatic N) is 2. The summed E-state index contributed by atoms with van der Waals surface area (Å²) in [6.45, 7) is 4.79. The van der Waals surface area contributed by atoms with Gasteiger partial charge in [-0.05, 0) is 43.3 Å². The fourth-order valence-electron chi connectivity index (χ4n) is 3.15. The predicted molar refractivity (Wildman–Crippen MR) is 101 cm³/mol. The van der Waals surface area contributed by atoms with E-state index in [1.54, 1.807) is 14.0 Å². The van der Waals surface area contributed by atoms with Gasteiger partial charge in [-0.1, -0.05) is 0 Å². The minimum atomic E-state index is -0.778. The van der Waals surface area contributed by atoms with Gasteiger partial charge < -0.3 is 15.0 Å². The number of rotatable bonds is 5. The number of hydrogen-bond donors (Lipinski definition) is 1. The molecule has 0 bridgehead atoms. The van der Waals surface area contributed by atoms with Crippen LogP contribution in [0.4, 0.5) is 20.2 Å². The van der Waals surface area contributed by atoms with E-state index in [4.69, 9.17) is 4.74 Å². The Kier molecular flexibility index (Phi) is 5.91. The summed E-state index contributed by atoms with van der Waals surface area (Å²) in [6.07, 6.45) is 0. The van der Waals surface area contributed by atoms with Crippen LogP contribution in [0.3, 0.4) is 0 Å². The van der Waals surface area contributed by atoms with Gasteiger partial charge in [0.25, 0.3) is 0 Å². The topological polar surface area (TPSA) is 44.8 Å². The minimum Gasteiger partial charge on any atom is -0.497 e. The van der Waals surface area contributed by atoms with Crippen LogP contribution < -0.4 is 15.0 Å². The second-order valence-corrected chi connectivity index (χ2v) is 6.51. The first-order valence-electron chi connectivity index (χ1n) is 8.87. The molecule has 0 radical (unpaired) electrons. The van der Waals surface area contributed by atoms with Crippen LogP contribution in [0.25, 0.3) is 0 Å². The highest BCUT2D eigenvalue weighted by Crippen LogP contribution is 2.21. The molecule has 1 amide bonds. The van der Waals surface area contributed by atoms with Crippen LogP contribution in [0.15, 0.2) is 42.5 Å². The molecule has 1 unspecified atom stereocenters. The van der Waals surface area contributed by atoms with Gasteiger partial charge in [0.05, 0.1) is 18.8 Å². The number of anilines is 2. The summed E-state index contributed by atoms with van der Waals surface area (Å²) in [5.74, 6) is -0.942. The summed E-state index contributed by atoms with van der Waals surface area (Å²) in [7, 11) is 1.64. The number of ether oxygens (including phenoxy) is 1. The van der Waals surface area contributed by atoms with Crippen molar-refractivity contribution < 1.29 is 18.3 Å². The Morgan fingerprint density at radius 3 is 2.33 bits per heavy atom. The van der Waals surface area contributed by atoms with Crippen molar-refractivity contribution in [1.82, 2.24) is 4.90 Å². The number of nitrogens with one attached hydrogen (secondary N) is 1. The average Bonchev–Trinajstić information content (AvgIpc) is 2.69. The molecule has 1 N–H and O–H groups in total. The first kappa shape index (κ1) is 19.1. The molecular formula is C20H23F2N3O2. The molecule has 3 rings (SSSR count). The first-order valence-corrected chi connectivity index (χ1v) is 8.87. The maximum Gasteiger partial charge on any atom is 0.241 e. The molecule has 1 saturated heterocycles. The molecule has 0 aromatic heterocycles. The molecule has 7 heteroatoms. The standard InChI is InChI=1S/C20H23F2N3O2/c1-14(20(26)23-19-8-3-15(21)13-18(19)22)24-9-11-25(12-10-24)16-4-6-17(27-2)7-5-16/h3-8,13-14H,9-12H2,1-2H3,(H,23,26). The van der Waals surface area contributed by atoms with Crippen LogP contribution in [0.5, 0.6) is 5.75 Å².